The van der Waals surface area contributed by atoms with Crippen molar-refractivity contribution in [1.29, 1.82) is 0 Å². The molecule has 27 heavy (non-hydrogen) atoms. The lowest BCUT2D eigenvalue weighted by atomic mass is 10.2. The number of aromatic nitrogens is 5. The molecule has 0 saturated carbocycles. The average Bonchev–Trinajstić information content (AvgIpc) is 2.98. The second-order valence-electron chi connectivity index (χ2n) is 6.78. The Morgan fingerprint density at radius 2 is 1.89 bits per heavy atom. The van der Waals surface area contributed by atoms with Crippen LogP contribution in [0.15, 0.2) is 42.7 Å². The third-order valence-electron chi connectivity index (χ3n) is 4.85. The van der Waals surface area contributed by atoms with Crippen molar-refractivity contribution in [3.8, 4) is 11.4 Å². The van der Waals surface area contributed by atoms with Crippen LogP contribution in [0.2, 0.25) is 0 Å². The largest absolute Gasteiger partial charge is 0.362 e. The first-order chi connectivity index (χ1) is 13.0. The van der Waals surface area contributed by atoms with Gasteiger partial charge in [0.2, 0.25) is 0 Å². The monoisotopic (exact) mass is 358 g/mol. The quantitative estimate of drug-likeness (QED) is 0.598. The van der Waals surface area contributed by atoms with E-state index in [4.69, 9.17) is 9.97 Å². The summed E-state index contributed by atoms with van der Waals surface area (Å²) in [5, 5.41) is 3.44. The number of hydrogen-bond donors (Lipinski definition) is 1. The highest BCUT2D eigenvalue weighted by Crippen LogP contribution is 2.22. The second-order valence-corrected chi connectivity index (χ2v) is 6.78. The number of rotatable bonds is 4. The van der Waals surface area contributed by atoms with Crippen molar-refractivity contribution in [3.63, 3.8) is 0 Å². The van der Waals surface area contributed by atoms with E-state index in [2.05, 4.69) is 45.0 Å². The van der Waals surface area contributed by atoms with Crippen LogP contribution in [0.5, 0.6) is 0 Å². The summed E-state index contributed by atoms with van der Waals surface area (Å²) in [4.78, 5) is 18.3. The van der Waals surface area contributed by atoms with Gasteiger partial charge in [0.1, 0.15) is 11.6 Å². The number of aryl methyl sites for hydroxylation is 3. The molecule has 6 nitrogen and oxygen atoms in total. The lowest BCUT2D eigenvalue weighted by Crippen LogP contribution is -2.10. The fraction of sp³-hybridized carbons (Fsp3) is 0.238. The van der Waals surface area contributed by atoms with Crippen molar-refractivity contribution < 1.29 is 0 Å². The van der Waals surface area contributed by atoms with Gasteiger partial charge in [0, 0.05) is 36.3 Å². The van der Waals surface area contributed by atoms with E-state index < -0.39 is 0 Å². The topological polar surface area (TPSA) is 68.5 Å². The Hall–Kier alpha value is -3.28. The SMILES string of the molecule is Cc1ccc2c(c1)nc(CNc1nc(-c3cccnc3)nc(C)c1C)n2C. The Labute approximate surface area is 158 Å². The summed E-state index contributed by atoms with van der Waals surface area (Å²) in [6.07, 6.45) is 3.53. The molecule has 4 rings (SSSR count). The lowest BCUT2D eigenvalue weighted by molar-refractivity contribution is 0.830. The molecular weight excluding hydrogens is 336 g/mol. The number of anilines is 1. The molecule has 0 saturated heterocycles. The zero-order chi connectivity index (χ0) is 19.0. The maximum Gasteiger partial charge on any atom is 0.163 e. The molecule has 3 heterocycles. The number of nitrogens with one attached hydrogen (secondary N) is 1. The first-order valence-electron chi connectivity index (χ1n) is 8.94. The number of nitrogens with zero attached hydrogens (tertiary/aromatic N) is 5. The minimum atomic E-state index is 0.591. The molecule has 1 N–H and O–H groups in total. The van der Waals surface area contributed by atoms with Gasteiger partial charge in [0.05, 0.1) is 17.6 Å². The van der Waals surface area contributed by atoms with E-state index in [1.165, 1.54) is 5.56 Å². The Bertz CT molecular complexity index is 1110. The standard InChI is InChI=1S/C21H22N6/c1-13-7-8-18-17(10-13)25-19(27(18)4)12-23-20-14(2)15(3)24-21(26-20)16-6-5-9-22-11-16/h5-11H,12H2,1-4H3,(H,23,24,26). The molecule has 0 amide bonds. The molecule has 0 fully saturated rings. The Morgan fingerprint density at radius 3 is 2.67 bits per heavy atom. The molecule has 0 spiro atoms. The normalized spacial score (nSPS) is 11.1. The molecule has 0 aliphatic heterocycles. The molecule has 0 aliphatic carbocycles. The van der Waals surface area contributed by atoms with Gasteiger partial charge in [-0.2, -0.15) is 0 Å². The van der Waals surface area contributed by atoms with E-state index >= 15 is 0 Å². The number of benzene rings is 1. The molecule has 6 heteroatoms. The van der Waals surface area contributed by atoms with Crippen molar-refractivity contribution in [2.24, 2.45) is 7.05 Å². The van der Waals surface area contributed by atoms with Crippen LogP contribution in [-0.4, -0.2) is 24.5 Å². The minimum absolute atomic E-state index is 0.591. The van der Waals surface area contributed by atoms with Gasteiger partial charge in [-0.25, -0.2) is 15.0 Å². The first kappa shape index (κ1) is 17.1. The lowest BCUT2D eigenvalue weighted by Gasteiger charge is -2.12. The predicted octanol–water partition coefficient (Wildman–Crippen LogP) is 3.96. The Balaban J connectivity index is 1.65. The average molecular weight is 358 g/mol. The molecule has 0 unspecified atom stereocenters. The fourth-order valence-electron chi connectivity index (χ4n) is 3.11. The highest BCUT2D eigenvalue weighted by Gasteiger charge is 2.12. The van der Waals surface area contributed by atoms with Gasteiger partial charge in [-0.1, -0.05) is 6.07 Å². The van der Waals surface area contributed by atoms with Crippen molar-refractivity contribution in [2.45, 2.75) is 27.3 Å². The van der Waals surface area contributed by atoms with Gasteiger partial charge in [0.15, 0.2) is 5.82 Å². The van der Waals surface area contributed by atoms with E-state index in [1.54, 1.807) is 12.4 Å². The van der Waals surface area contributed by atoms with Gasteiger partial charge < -0.3 is 9.88 Å². The Morgan fingerprint density at radius 1 is 1.04 bits per heavy atom. The van der Waals surface area contributed by atoms with Crippen LogP contribution in [0.4, 0.5) is 5.82 Å². The van der Waals surface area contributed by atoms with Gasteiger partial charge in [-0.15, -0.1) is 0 Å². The van der Waals surface area contributed by atoms with E-state index in [1.807, 2.05) is 33.0 Å². The summed E-state index contributed by atoms with van der Waals surface area (Å²) < 4.78 is 2.12. The van der Waals surface area contributed by atoms with E-state index in [-0.39, 0.29) is 0 Å². The second kappa shape index (κ2) is 6.79. The van der Waals surface area contributed by atoms with Gasteiger partial charge in [-0.3, -0.25) is 4.98 Å². The van der Waals surface area contributed by atoms with Crippen LogP contribution in [-0.2, 0) is 13.6 Å². The molecule has 0 radical (unpaired) electrons. The summed E-state index contributed by atoms with van der Waals surface area (Å²) in [7, 11) is 2.04. The Kier molecular flexibility index (Phi) is 4.32. The van der Waals surface area contributed by atoms with Gasteiger partial charge >= 0.3 is 0 Å². The van der Waals surface area contributed by atoms with E-state index in [0.717, 1.165) is 39.5 Å². The summed E-state index contributed by atoms with van der Waals surface area (Å²) in [5.74, 6) is 2.47. The van der Waals surface area contributed by atoms with Crippen molar-refractivity contribution in [2.75, 3.05) is 5.32 Å². The molecule has 0 atom stereocenters. The van der Waals surface area contributed by atoms with Crippen molar-refractivity contribution >= 4 is 16.9 Å². The number of hydrogen-bond acceptors (Lipinski definition) is 5. The summed E-state index contributed by atoms with van der Waals surface area (Å²) in [6, 6.07) is 10.2. The van der Waals surface area contributed by atoms with Gasteiger partial charge in [0.25, 0.3) is 0 Å². The van der Waals surface area contributed by atoms with Crippen LogP contribution in [0.1, 0.15) is 22.6 Å². The first-order valence-corrected chi connectivity index (χ1v) is 8.94. The third kappa shape index (κ3) is 3.26. The molecule has 0 bridgehead atoms. The van der Waals surface area contributed by atoms with Crippen molar-refractivity contribution in [1.82, 2.24) is 24.5 Å². The molecule has 3 aromatic heterocycles. The van der Waals surface area contributed by atoms with Crippen molar-refractivity contribution in [3.05, 3.63) is 65.4 Å². The molecule has 136 valence electrons. The zero-order valence-electron chi connectivity index (χ0n) is 16.0. The van der Waals surface area contributed by atoms with Crippen LogP contribution in [0, 0.1) is 20.8 Å². The number of pyridine rings is 1. The molecule has 0 aliphatic rings. The third-order valence-corrected chi connectivity index (χ3v) is 4.85. The van der Waals surface area contributed by atoms with Crippen LogP contribution in [0.3, 0.4) is 0 Å². The van der Waals surface area contributed by atoms with E-state index in [0.29, 0.717) is 12.4 Å². The van der Waals surface area contributed by atoms with Crippen LogP contribution >= 0.6 is 0 Å². The summed E-state index contributed by atoms with van der Waals surface area (Å²) in [5.41, 5.74) is 6.25. The maximum atomic E-state index is 4.77. The van der Waals surface area contributed by atoms with Crippen LogP contribution < -0.4 is 5.32 Å². The van der Waals surface area contributed by atoms with Gasteiger partial charge in [-0.05, 0) is 50.6 Å². The molecular formula is C21H22N6. The molecule has 4 aromatic rings. The minimum Gasteiger partial charge on any atom is -0.362 e. The fourth-order valence-corrected chi connectivity index (χ4v) is 3.11. The number of fused-ring (bicyclic) bond motifs is 1. The predicted molar refractivity (Wildman–Crippen MR) is 108 cm³/mol. The zero-order valence-corrected chi connectivity index (χ0v) is 16.0. The van der Waals surface area contributed by atoms with Crippen LogP contribution in [0.25, 0.3) is 22.4 Å². The number of imidazole rings is 1. The molecule has 1 aromatic carbocycles. The smallest absolute Gasteiger partial charge is 0.163 e. The maximum absolute atomic E-state index is 4.77. The highest BCUT2D eigenvalue weighted by molar-refractivity contribution is 5.76. The van der Waals surface area contributed by atoms with E-state index in [9.17, 15) is 0 Å². The summed E-state index contributed by atoms with van der Waals surface area (Å²) >= 11 is 0. The highest BCUT2D eigenvalue weighted by atomic mass is 15.1. The summed E-state index contributed by atoms with van der Waals surface area (Å²) in [6.45, 7) is 6.70.